The summed E-state index contributed by atoms with van der Waals surface area (Å²) in [5.74, 6) is 0.0909. The Bertz CT molecular complexity index is 328. The lowest BCUT2D eigenvalue weighted by Crippen LogP contribution is -2.39. The summed E-state index contributed by atoms with van der Waals surface area (Å²) in [6.07, 6.45) is 1.82. The van der Waals surface area contributed by atoms with E-state index in [1.807, 2.05) is 13.8 Å². The number of rotatable bonds is 8. The molecule has 0 saturated heterocycles. The Kier molecular flexibility index (Phi) is 7.33. The predicted molar refractivity (Wildman–Crippen MR) is 67.9 cm³/mol. The van der Waals surface area contributed by atoms with Crippen LogP contribution in [0.15, 0.2) is 0 Å². The Morgan fingerprint density at radius 3 is 2.29 bits per heavy atom. The van der Waals surface area contributed by atoms with Crippen molar-refractivity contribution in [1.29, 1.82) is 0 Å². The topological polar surface area (TPSA) is 101 Å². The summed E-state index contributed by atoms with van der Waals surface area (Å²) in [7, 11) is -3.19. The van der Waals surface area contributed by atoms with Gasteiger partial charge < -0.3 is 11.1 Å². The van der Waals surface area contributed by atoms with Crippen molar-refractivity contribution in [2.24, 2.45) is 17.6 Å². The van der Waals surface area contributed by atoms with Gasteiger partial charge in [-0.2, -0.15) is 0 Å². The molecule has 0 spiro atoms. The molecule has 102 valence electrons. The number of sulfonamides is 1. The van der Waals surface area contributed by atoms with Crippen molar-refractivity contribution in [1.82, 2.24) is 10.0 Å². The fourth-order valence-corrected chi connectivity index (χ4v) is 1.92. The molecule has 0 aromatic rings. The first-order valence-electron chi connectivity index (χ1n) is 5.68. The van der Waals surface area contributed by atoms with Crippen molar-refractivity contribution >= 4 is 15.9 Å². The molecular formula is C10H23N3O3S. The van der Waals surface area contributed by atoms with Crippen LogP contribution in [0.3, 0.4) is 0 Å². The lowest BCUT2D eigenvalue weighted by atomic mass is 9.96. The number of hydrogen-bond donors (Lipinski definition) is 3. The summed E-state index contributed by atoms with van der Waals surface area (Å²) in [6.45, 7) is 4.84. The van der Waals surface area contributed by atoms with E-state index < -0.39 is 10.0 Å². The van der Waals surface area contributed by atoms with E-state index >= 15 is 0 Å². The first-order chi connectivity index (χ1) is 7.76. The molecule has 0 fully saturated rings. The number of amides is 1. The molecule has 0 aliphatic rings. The van der Waals surface area contributed by atoms with Gasteiger partial charge in [-0.3, -0.25) is 4.79 Å². The third-order valence-electron chi connectivity index (χ3n) is 2.20. The van der Waals surface area contributed by atoms with Crippen LogP contribution >= 0.6 is 0 Å². The maximum atomic E-state index is 11.7. The molecule has 6 nitrogen and oxygen atoms in total. The first-order valence-corrected chi connectivity index (χ1v) is 7.57. The number of nitrogens with two attached hydrogens (primary N) is 1. The molecule has 0 aromatic heterocycles. The van der Waals surface area contributed by atoms with Gasteiger partial charge in [0.05, 0.1) is 12.2 Å². The number of carbonyl (C=O) groups is 1. The van der Waals surface area contributed by atoms with E-state index in [0.717, 1.165) is 12.7 Å². The van der Waals surface area contributed by atoms with Crippen molar-refractivity contribution in [3.8, 4) is 0 Å². The Labute approximate surface area is 103 Å². The van der Waals surface area contributed by atoms with Crippen LogP contribution in [0.1, 0.15) is 20.3 Å². The van der Waals surface area contributed by atoms with Crippen LogP contribution < -0.4 is 15.8 Å². The molecule has 1 atom stereocenters. The minimum absolute atomic E-state index is 0.114. The molecule has 1 unspecified atom stereocenters. The molecule has 0 aromatic carbocycles. The zero-order chi connectivity index (χ0) is 13.5. The monoisotopic (exact) mass is 265 g/mol. The fraction of sp³-hybridized carbons (Fsp3) is 0.900. The third-order valence-corrected chi connectivity index (χ3v) is 2.93. The van der Waals surface area contributed by atoms with Gasteiger partial charge in [-0.1, -0.05) is 13.8 Å². The molecule has 0 radical (unpaired) electrons. The zero-order valence-electron chi connectivity index (χ0n) is 10.7. The van der Waals surface area contributed by atoms with E-state index in [0.29, 0.717) is 12.5 Å². The van der Waals surface area contributed by atoms with E-state index in [1.54, 1.807) is 0 Å². The van der Waals surface area contributed by atoms with E-state index in [9.17, 15) is 13.2 Å². The van der Waals surface area contributed by atoms with Gasteiger partial charge in [0.25, 0.3) is 0 Å². The zero-order valence-corrected chi connectivity index (χ0v) is 11.5. The average molecular weight is 265 g/mol. The summed E-state index contributed by atoms with van der Waals surface area (Å²) in [5.41, 5.74) is 5.52. The quantitative estimate of drug-likeness (QED) is 0.504. The maximum Gasteiger partial charge on any atom is 0.224 e. The van der Waals surface area contributed by atoms with Crippen LogP contribution in [0.25, 0.3) is 0 Å². The minimum atomic E-state index is -3.19. The molecule has 7 heteroatoms. The van der Waals surface area contributed by atoms with Crippen molar-refractivity contribution in [3.05, 3.63) is 0 Å². The predicted octanol–water partition coefficient (Wildman–Crippen LogP) is -0.727. The highest BCUT2D eigenvalue weighted by Gasteiger charge is 2.17. The van der Waals surface area contributed by atoms with Crippen LogP contribution in [0, 0.1) is 11.8 Å². The van der Waals surface area contributed by atoms with E-state index in [-0.39, 0.29) is 24.9 Å². The molecule has 0 heterocycles. The van der Waals surface area contributed by atoms with Gasteiger partial charge in [0.1, 0.15) is 0 Å². The molecule has 1 amide bonds. The van der Waals surface area contributed by atoms with Crippen LogP contribution in [-0.4, -0.2) is 40.2 Å². The standard InChI is InChI=1S/C10H23N3O3S/c1-8(2)6-9(7-11)10(14)12-4-5-13-17(3,15)16/h8-9,13H,4-7,11H2,1-3H3,(H,12,14). The Balaban J connectivity index is 3.91. The molecule has 0 aliphatic heterocycles. The van der Waals surface area contributed by atoms with E-state index in [2.05, 4.69) is 10.0 Å². The average Bonchev–Trinajstić information content (AvgIpc) is 2.19. The molecule has 17 heavy (non-hydrogen) atoms. The van der Waals surface area contributed by atoms with Gasteiger partial charge in [0.2, 0.25) is 15.9 Å². The third kappa shape index (κ3) is 9.08. The lowest BCUT2D eigenvalue weighted by molar-refractivity contribution is -0.125. The Morgan fingerprint density at radius 2 is 1.88 bits per heavy atom. The summed E-state index contributed by atoms with van der Waals surface area (Å²) >= 11 is 0. The molecule has 0 bridgehead atoms. The Morgan fingerprint density at radius 1 is 1.29 bits per heavy atom. The largest absolute Gasteiger partial charge is 0.355 e. The molecule has 0 rings (SSSR count). The number of carbonyl (C=O) groups excluding carboxylic acids is 1. The fourth-order valence-electron chi connectivity index (χ4n) is 1.45. The smallest absolute Gasteiger partial charge is 0.224 e. The van der Waals surface area contributed by atoms with Crippen LogP contribution in [0.5, 0.6) is 0 Å². The second-order valence-electron chi connectivity index (χ2n) is 4.52. The number of nitrogens with one attached hydrogen (secondary N) is 2. The second-order valence-corrected chi connectivity index (χ2v) is 6.35. The first kappa shape index (κ1) is 16.3. The van der Waals surface area contributed by atoms with Crippen molar-refractivity contribution < 1.29 is 13.2 Å². The lowest BCUT2D eigenvalue weighted by Gasteiger charge is -2.16. The molecule has 0 aliphatic carbocycles. The molecule has 0 saturated carbocycles. The molecule has 4 N–H and O–H groups in total. The maximum absolute atomic E-state index is 11.7. The second kappa shape index (κ2) is 7.62. The molecular weight excluding hydrogens is 242 g/mol. The highest BCUT2D eigenvalue weighted by molar-refractivity contribution is 7.88. The summed E-state index contributed by atoms with van der Waals surface area (Å²) in [6, 6.07) is 0. The normalized spacial score (nSPS) is 13.7. The highest BCUT2D eigenvalue weighted by Crippen LogP contribution is 2.10. The van der Waals surface area contributed by atoms with Crippen LogP contribution in [0.4, 0.5) is 0 Å². The van der Waals surface area contributed by atoms with Crippen molar-refractivity contribution in [2.75, 3.05) is 25.9 Å². The van der Waals surface area contributed by atoms with Gasteiger partial charge in [-0.25, -0.2) is 13.1 Å². The summed E-state index contributed by atoms with van der Waals surface area (Å²) in [5, 5.41) is 2.67. The van der Waals surface area contributed by atoms with Crippen molar-refractivity contribution in [3.63, 3.8) is 0 Å². The number of hydrogen-bond acceptors (Lipinski definition) is 4. The minimum Gasteiger partial charge on any atom is -0.355 e. The van der Waals surface area contributed by atoms with Gasteiger partial charge in [-0.05, 0) is 12.3 Å². The highest BCUT2D eigenvalue weighted by atomic mass is 32.2. The van der Waals surface area contributed by atoms with Crippen molar-refractivity contribution in [2.45, 2.75) is 20.3 Å². The SMILES string of the molecule is CC(C)CC(CN)C(=O)NCCNS(C)(=O)=O. The Hall–Kier alpha value is -0.660. The van der Waals surface area contributed by atoms with Gasteiger partial charge in [0, 0.05) is 19.6 Å². The van der Waals surface area contributed by atoms with Gasteiger partial charge in [0.15, 0.2) is 0 Å². The van der Waals surface area contributed by atoms with E-state index in [4.69, 9.17) is 5.73 Å². The van der Waals surface area contributed by atoms with Gasteiger partial charge in [-0.15, -0.1) is 0 Å². The van der Waals surface area contributed by atoms with Gasteiger partial charge >= 0.3 is 0 Å². The van der Waals surface area contributed by atoms with Crippen LogP contribution in [-0.2, 0) is 14.8 Å². The summed E-state index contributed by atoms with van der Waals surface area (Å²) in [4.78, 5) is 11.7. The van der Waals surface area contributed by atoms with E-state index in [1.165, 1.54) is 0 Å². The van der Waals surface area contributed by atoms with Crippen LogP contribution in [0.2, 0.25) is 0 Å². The summed E-state index contributed by atoms with van der Waals surface area (Å²) < 4.78 is 23.8.